The first-order valence-corrected chi connectivity index (χ1v) is 10.5. The SMILES string of the molecule is Cc1sc2c(c1C)C(c1ccc(C#CCNO)cc1)=N[C@@H](CC(=O)O)c1nnc(C)n1-2. The van der Waals surface area contributed by atoms with Gasteiger partial charge >= 0.3 is 5.97 Å². The Morgan fingerprint density at radius 3 is 2.65 bits per heavy atom. The van der Waals surface area contributed by atoms with Crippen molar-refractivity contribution in [2.45, 2.75) is 33.2 Å². The average molecular weight is 436 g/mol. The minimum Gasteiger partial charge on any atom is -0.481 e. The summed E-state index contributed by atoms with van der Waals surface area (Å²) in [4.78, 5) is 17.6. The van der Waals surface area contributed by atoms with E-state index in [1.165, 1.54) is 0 Å². The third kappa shape index (κ3) is 3.88. The Hall–Kier alpha value is -3.32. The number of rotatable bonds is 4. The number of nitrogens with one attached hydrogen (secondary N) is 1. The fourth-order valence-electron chi connectivity index (χ4n) is 3.59. The maximum absolute atomic E-state index is 11.6. The minimum atomic E-state index is -0.943. The number of carbonyl (C=O) groups is 1. The molecular weight excluding hydrogens is 414 g/mol. The summed E-state index contributed by atoms with van der Waals surface area (Å²) in [6.45, 7) is 6.16. The van der Waals surface area contributed by atoms with Crippen molar-refractivity contribution in [3.63, 3.8) is 0 Å². The maximum Gasteiger partial charge on any atom is 0.306 e. The summed E-state index contributed by atoms with van der Waals surface area (Å²) in [7, 11) is 0. The number of aliphatic carboxylic acids is 1. The Balaban J connectivity index is 1.89. The van der Waals surface area contributed by atoms with Gasteiger partial charge in [-0.25, -0.2) is 0 Å². The summed E-state index contributed by atoms with van der Waals surface area (Å²) in [6, 6.07) is 6.99. The van der Waals surface area contributed by atoms with Crippen molar-refractivity contribution in [1.29, 1.82) is 0 Å². The molecule has 31 heavy (non-hydrogen) atoms. The molecule has 1 aliphatic heterocycles. The van der Waals surface area contributed by atoms with Gasteiger partial charge in [-0.3, -0.25) is 14.4 Å². The highest BCUT2D eigenvalue weighted by molar-refractivity contribution is 7.15. The van der Waals surface area contributed by atoms with Crippen LogP contribution < -0.4 is 5.48 Å². The molecule has 0 spiro atoms. The second kappa shape index (κ2) is 8.43. The number of carboxylic acid groups (broad SMARTS) is 1. The van der Waals surface area contributed by atoms with E-state index in [0.717, 1.165) is 37.8 Å². The van der Waals surface area contributed by atoms with Gasteiger partial charge in [0.15, 0.2) is 5.82 Å². The predicted octanol–water partition coefficient (Wildman–Crippen LogP) is 2.95. The largest absolute Gasteiger partial charge is 0.481 e. The summed E-state index contributed by atoms with van der Waals surface area (Å²) in [6.07, 6.45) is -0.174. The van der Waals surface area contributed by atoms with Gasteiger partial charge in [0.25, 0.3) is 0 Å². The van der Waals surface area contributed by atoms with Crippen LogP contribution in [0.3, 0.4) is 0 Å². The molecule has 0 unspecified atom stereocenters. The van der Waals surface area contributed by atoms with Crippen LogP contribution in [-0.4, -0.2) is 43.3 Å². The number of aliphatic imine (C=N–C) groups is 1. The standard InChI is InChI=1S/C22H21N5O3S/c1-12-13(2)31-22-19(12)20(16-8-6-15(7-9-16)5-4-10-23-30)24-17(11-18(28)29)21-26-25-14(3)27(21)22/h6-9,17,23,30H,10-11H2,1-3H3,(H,28,29)/t17-/m0/s1. The molecule has 0 saturated heterocycles. The van der Waals surface area contributed by atoms with Crippen LogP contribution in [0.1, 0.15) is 51.2 Å². The number of hydroxylamine groups is 1. The molecule has 9 heteroatoms. The van der Waals surface area contributed by atoms with Gasteiger partial charge in [-0.2, -0.15) is 5.48 Å². The van der Waals surface area contributed by atoms with Gasteiger partial charge in [-0.15, -0.1) is 21.5 Å². The number of aromatic nitrogens is 3. The Kier molecular flexibility index (Phi) is 5.69. The monoisotopic (exact) mass is 435 g/mol. The highest BCUT2D eigenvalue weighted by Crippen LogP contribution is 2.39. The Labute approximate surface area is 183 Å². The van der Waals surface area contributed by atoms with Crippen molar-refractivity contribution in [2.75, 3.05) is 6.54 Å². The summed E-state index contributed by atoms with van der Waals surface area (Å²) >= 11 is 1.63. The molecular formula is C22H21N5O3S. The molecule has 0 radical (unpaired) electrons. The Morgan fingerprint density at radius 1 is 1.23 bits per heavy atom. The van der Waals surface area contributed by atoms with Crippen molar-refractivity contribution in [1.82, 2.24) is 20.2 Å². The van der Waals surface area contributed by atoms with E-state index in [1.54, 1.807) is 11.3 Å². The lowest BCUT2D eigenvalue weighted by Gasteiger charge is -2.10. The molecule has 3 N–H and O–H groups in total. The van der Waals surface area contributed by atoms with E-state index in [0.29, 0.717) is 11.6 Å². The van der Waals surface area contributed by atoms with E-state index in [-0.39, 0.29) is 13.0 Å². The number of thiophene rings is 1. The molecule has 1 atom stereocenters. The molecule has 3 heterocycles. The molecule has 1 aliphatic rings. The van der Waals surface area contributed by atoms with Crippen molar-refractivity contribution in [3.8, 4) is 16.8 Å². The van der Waals surface area contributed by atoms with Gasteiger partial charge in [0, 0.05) is 21.6 Å². The third-order valence-corrected chi connectivity index (χ3v) is 6.36. The fraction of sp³-hybridized carbons (Fsp3) is 0.273. The molecule has 0 amide bonds. The van der Waals surface area contributed by atoms with Gasteiger partial charge in [0.05, 0.1) is 18.7 Å². The van der Waals surface area contributed by atoms with Gasteiger partial charge in [-0.1, -0.05) is 24.0 Å². The van der Waals surface area contributed by atoms with Crippen molar-refractivity contribution >= 4 is 23.0 Å². The second-order valence-electron chi connectivity index (χ2n) is 7.21. The van der Waals surface area contributed by atoms with Crippen LogP contribution in [-0.2, 0) is 4.79 Å². The molecule has 0 bridgehead atoms. The van der Waals surface area contributed by atoms with Gasteiger partial charge in [0.1, 0.15) is 16.9 Å². The molecule has 4 rings (SSSR count). The number of nitrogens with zero attached hydrogens (tertiary/aromatic N) is 4. The van der Waals surface area contributed by atoms with Crippen LogP contribution in [0.4, 0.5) is 0 Å². The zero-order chi connectivity index (χ0) is 22.1. The predicted molar refractivity (Wildman–Crippen MR) is 117 cm³/mol. The average Bonchev–Trinajstić information content (AvgIpc) is 3.21. The van der Waals surface area contributed by atoms with E-state index in [4.69, 9.17) is 10.2 Å². The zero-order valence-corrected chi connectivity index (χ0v) is 18.1. The number of benzene rings is 1. The first kappa shape index (κ1) is 20.9. The van der Waals surface area contributed by atoms with E-state index in [1.807, 2.05) is 41.2 Å². The number of carboxylic acids is 1. The minimum absolute atomic E-state index is 0.174. The first-order valence-electron chi connectivity index (χ1n) is 9.69. The van der Waals surface area contributed by atoms with Crippen LogP contribution in [0.15, 0.2) is 29.3 Å². The summed E-state index contributed by atoms with van der Waals surface area (Å²) < 4.78 is 1.94. The highest BCUT2D eigenvalue weighted by Gasteiger charge is 2.32. The molecule has 0 aliphatic carbocycles. The van der Waals surface area contributed by atoms with E-state index in [9.17, 15) is 9.90 Å². The van der Waals surface area contributed by atoms with Crippen LogP contribution in [0, 0.1) is 32.6 Å². The van der Waals surface area contributed by atoms with Crippen molar-refractivity contribution < 1.29 is 15.1 Å². The van der Waals surface area contributed by atoms with Crippen molar-refractivity contribution in [3.05, 3.63) is 63.0 Å². The van der Waals surface area contributed by atoms with Gasteiger partial charge in [-0.05, 0) is 38.5 Å². The van der Waals surface area contributed by atoms with Crippen LogP contribution in [0.25, 0.3) is 5.00 Å². The highest BCUT2D eigenvalue weighted by atomic mass is 32.1. The number of hydrogen-bond acceptors (Lipinski definition) is 7. The molecule has 8 nitrogen and oxygen atoms in total. The lowest BCUT2D eigenvalue weighted by Crippen LogP contribution is -2.10. The lowest BCUT2D eigenvalue weighted by atomic mass is 9.98. The second-order valence-corrected chi connectivity index (χ2v) is 8.41. The van der Waals surface area contributed by atoms with Crippen molar-refractivity contribution in [2.24, 2.45) is 4.99 Å². The maximum atomic E-state index is 11.6. The summed E-state index contributed by atoms with van der Waals surface area (Å²) in [5, 5.41) is 27.6. The quantitative estimate of drug-likeness (QED) is 0.429. The number of hydrogen-bond donors (Lipinski definition) is 3. The van der Waals surface area contributed by atoms with Gasteiger partial charge in [0.2, 0.25) is 0 Å². The number of fused-ring (bicyclic) bond motifs is 3. The van der Waals surface area contributed by atoms with E-state index < -0.39 is 12.0 Å². The zero-order valence-electron chi connectivity index (χ0n) is 17.3. The lowest BCUT2D eigenvalue weighted by molar-refractivity contribution is -0.137. The normalized spacial score (nSPS) is 14.7. The summed E-state index contributed by atoms with van der Waals surface area (Å²) in [5.41, 5.74) is 6.51. The third-order valence-electron chi connectivity index (χ3n) is 5.17. The fourth-order valence-corrected chi connectivity index (χ4v) is 4.80. The molecule has 0 fully saturated rings. The summed E-state index contributed by atoms with van der Waals surface area (Å²) in [5.74, 6) is 6.07. The number of aryl methyl sites for hydroxylation is 2. The van der Waals surface area contributed by atoms with Crippen LogP contribution in [0.5, 0.6) is 0 Å². The first-order chi connectivity index (χ1) is 14.9. The van der Waals surface area contributed by atoms with Gasteiger partial charge < -0.3 is 10.3 Å². The molecule has 158 valence electrons. The van der Waals surface area contributed by atoms with E-state index in [2.05, 4.69) is 35.9 Å². The molecule has 0 saturated carbocycles. The smallest absolute Gasteiger partial charge is 0.306 e. The van der Waals surface area contributed by atoms with E-state index >= 15 is 0 Å². The molecule has 1 aromatic carbocycles. The molecule has 2 aromatic heterocycles. The topological polar surface area (TPSA) is 113 Å². The molecule has 3 aromatic rings. The Morgan fingerprint density at radius 2 is 1.97 bits per heavy atom. The Bertz CT molecular complexity index is 1240. The van der Waals surface area contributed by atoms with Crippen LogP contribution in [0.2, 0.25) is 0 Å². The van der Waals surface area contributed by atoms with Crippen LogP contribution >= 0.6 is 11.3 Å².